The van der Waals surface area contributed by atoms with Crippen LogP contribution >= 0.6 is 0 Å². The van der Waals surface area contributed by atoms with E-state index in [1.165, 1.54) is 0 Å². The molecule has 1 aliphatic rings. The summed E-state index contributed by atoms with van der Waals surface area (Å²) in [4.78, 5) is 29.6. The topological polar surface area (TPSA) is 62.3 Å². The van der Waals surface area contributed by atoms with Gasteiger partial charge in [-0.25, -0.2) is 13.8 Å². The fourth-order valence-corrected chi connectivity index (χ4v) is 2.75. The van der Waals surface area contributed by atoms with E-state index >= 15 is 0 Å². The van der Waals surface area contributed by atoms with Crippen LogP contribution in [0.5, 0.6) is 0 Å². The van der Waals surface area contributed by atoms with Crippen molar-refractivity contribution in [3.63, 3.8) is 0 Å². The molecule has 2 heterocycles. The lowest BCUT2D eigenvalue weighted by Gasteiger charge is -2.17. The standard InChI is InChI=1S/C18H17F2N3O2/c1-11-2-4-12(5-3-11)10-23-7-6-15(18(23)25)22-17(24)16-14(20)8-13(19)9-21-16/h2-5,8-9,15H,6-7,10H2,1H3,(H,22,24)/t15-/m0/s1. The molecule has 25 heavy (non-hydrogen) atoms. The molecule has 0 unspecified atom stereocenters. The minimum atomic E-state index is -1.06. The first-order valence-electron chi connectivity index (χ1n) is 7.90. The molecular formula is C18H17F2N3O2. The molecule has 1 aliphatic heterocycles. The molecular weight excluding hydrogens is 328 g/mol. The zero-order valence-corrected chi connectivity index (χ0v) is 13.6. The highest BCUT2D eigenvalue weighted by molar-refractivity contribution is 5.96. The highest BCUT2D eigenvalue weighted by Gasteiger charge is 2.33. The van der Waals surface area contributed by atoms with Crippen LogP contribution in [0.1, 0.15) is 28.0 Å². The molecule has 1 saturated heterocycles. The predicted octanol–water partition coefficient (Wildman–Crippen LogP) is 2.20. The van der Waals surface area contributed by atoms with E-state index in [2.05, 4.69) is 10.3 Å². The number of benzene rings is 1. The summed E-state index contributed by atoms with van der Waals surface area (Å²) in [5.74, 6) is -2.97. The highest BCUT2D eigenvalue weighted by atomic mass is 19.1. The monoisotopic (exact) mass is 345 g/mol. The zero-order valence-electron chi connectivity index (χ0n) is 13.6. The number of likely N-dealkylation sites (tertiary alicyclic amines) is 1. The third-order valence-electron chi connectivity index (χ3n) is 4.12. The molecule has 7 heteroatoms. The Morgan fingerprint density at radius 2 is 2.04 bits per heavy atom. The SMILES string of the molecule is Cc1ccc(CN2CC[C@H](NC(=O)c3ncc(F)cc3F)C2=O)cc1. The van der Waals surface area contributed by atoms with Gasteiger partial charge in [-0.3, -0.25) is 9.59 Å². The Hall–Kier alpha value is -2.83. The normalized spacial score (nSPS) is 17.0. The number of nitrogens with one attached hydrogen (secondary N) is 1. The molecule has 1 fully saturated rings. The zero-order chi connectivity index (χ0) is 18.0. The Balaban J connectivity index is 1.63. The summed E-state index contributed by atoms with van der Waals surface area (Å²) in [5, 5.41) is 2.48. The van der Waals surface area contributed by atoms with Crippen LogP contribution in [0, 0.1) is 18.6 Å². The van der Waals surface area contributed by atoms with Gasteiger partial charge in [-0.1, -0.05) is 29.8 Å². The molecule has 0 aliphatic carbocycles. The van der Waals surface area contributed by atoms with E-state index < -0.39 is 29.3 Å². The van der Waals surface area contributed by atoms with E-state index in [1.807, 2.05) is 31.2 Å². The first-order chi connectivity index (χ1) is 11.9. The second-order valence-corrected chi connectivity index (χ2v) is 6.04. The number of carbonyl (C=O) groups excluding carboxylic acids is 2. The fraction of sp³-hybridized carbons (Fsp3) is 0.278. The average molecular weight is 345 g/mol. The smallest absolute Gasteiger partial charge is 0.273 e. The van der Waals surface area contributed by atoms with Crippen LogP contribution in [0.4, 0.5) is 8.78 Å². The molecule has 1 N–H and O–H groups in total. The molecule has 130 valence electrons. The summed E-state index contributed by atoms with van der Waals surface area (Å²) in [6.45, 7) is 2.94. The average Bonchev–Trinajstić information content (AvgIpc) is 2.90. The van der Waals surface area contributed by atoms with Gasteiger partial charge in [0.15, 0.2) is 11.5 Å². The van der Waals surface area contributed by atoms with Gasteiger partial charge in [0.2, 0.25) is 5.91 Å². The van der Waals surface area contributed by atoms with Crippen molar-refractivity contribution in [2.24, 2.45) is 0 Å². The molecule has 0 radical (unpaired) electrons. The van der Waals surface area contributed by atoms with Crippen molar-refractivity contribution >= 4 is 11.8 Å². The van der Waals surface area contributed by atoms with E-state index in [0.29, 0.717) is 25.6 Å². The lowest BCUT2D eigenvalue weighted by Crippen LogP contribution is -2.41. The number of aryl methyl sites for hydroxylation is 1. The van der Waals surface area contributed by atoms with Gasteiger partial charge < -0.3 is 10.2 Å². The summed E-state index contributed by atoms with van der Waals surface area (Å²) >= 11 is 0. The van der Waals surface area contributed by atoms with Crippen LogP contribution in [-0.4, -0.2) is 34.3 Å². The molecule has 1 atom stereocenters. The predicted molar refractivity (Wildman–Crippen MR) is 86.6 cm³/mol. The van der Waals surface area contributed by atoms with Gasteiger partial charge in [-0.2, -0.15) is 0 Å². The van der Waals surface area contributed by atoms with Gasteiger partial charge >= 0.3 is 0 Å². The lowest BCUT2D eigenvalue weighted by molar-refractivity contribution is -0.129. The molecule has 2 aromatic rings. The number of hydrogen-bond donors (Lipinski definition) is 1. The molecule has 0 saturated carbocycles. The molecule has 1 aromatic carbocycles. The molecule has 5 nitrogen and oxygen atoms in total. The van der Waals surface area contributed by atoms with E-state index in [1.54, 1.807) is 4.90 Å². The lowest BCUT2D eigenvalue weighted by atomic mass is 10.1. The fourth-order valence-electron chi connectivity index (χ4n) is 2.75. The maximum Gasteiger partial charge on any atom is 0.273 e. The molecule has 1 aromatic heterocycles. The quantitative estimate of drug-likeness (QED) is 0.924. The third-order valence-corrected chi connectivity index (χ3v) is 4.12. The maximum absolute atomic E-state index is 13.6. The Morgan fingerprint density at radius 1 is 1.32 bits per heavy atom. The Labute approximate surface area is 143 Å². The van der Waals surface area contributed by atoms with Gasteiger partial charge in [-0.05, 0) is 18.9 Å². The maximum atomic E-state index is 13.6. The van der Waals surface area contributed by atoms with Crippen molar-refractivity contribution in [2.45, 2.75) is 25.9 Å². The minimum Gasteiger partial charge on any atom is -0.339 e. The van der Waals surface area contributed by atoms with Gasteiger partial charge in [0, 0.05) is 19.2 Å². The number of halogens is 2. The Bertz CT molecular complexity index is 808. The van der Waals surface area contributed by atoms with Crippen LogP contribution in [0.15, 0.2) is 36.5 Å². The van der Waals surface area contributed by atoms with Crippen LogP contribution in [0.25, 0.3) is 0 Å². The minimum absolute atomic E-state index is 0.226. The van der Waals surface area contributed by atoms with Crippen LogP contribution < -0.4 is 5.32 Å². The van der Waals surface area contributed by atoms with Crippen molar-refractivity contribution < 1.29 is 18.4 Å². The highest BCUT2D eigenvalue weighted by Crippen LogP contribution is 2.16. The number of carbonyl (C=O) groups is 2. The second kappa shape index (κ2) is 6.96. The number of rotatable bonds is 4. The summed E-state index contributed by atoms with van der Waals surface area (Å²) in [5.41, 5.74) is 1.61. The number of nitrogens with zero attached hydrogens (tertiary/aromatic N) is 2. The van der Waals surface area contributed by atoms with Crippen LogP contribution in [0.3, 0.4) is 0 Å². The summed E-state index contributed by atoms with van der Waals surface area (Å²) in [6.07, 6.45) is 1.19. The van der Waals surface area contributed by atoms with Crippen LogP contribution in [0.2, 0.25) is 0 Å². The van der Waals surface area contributed by atoms with E-state index in [-0.39, 0.29) is 5.91 Å². The molecule has 0 bridgehead atoms. The number of pyridine rings is 1. The van der Waals surface area contributed by atoms with E-state index in [4.69, 9.17) is 0 Å². The number of aromatic nitrogens is 1. The summed E-state index contributed by atoms with van der Waals surface area (Å²) in [6, 6.07) is 7.70. The van der Waals surface area contributed by atoms with Crippen molar-refractivity contribution in [3.8, 4) is 0 Å². The number of amides is 2. The second-order valence-electron chi connectivity index (χ2n) is 6.04. The number of hydrogen-bond acceptors (Lipinski definition) is 3. The molecule has 0 spiro atoms. The Morgan fingerprint density at radius 3 is 2.72 bits per heavy atom. The molecule has 2 amide bonds. The summed E-state index contributed by atoms with van der Waals surface area (Å²) in [7, 11) is 0. The van der Waals surface area contributed by atoms with Crippen molar-refractivity contribution in [1.82, 2.24) is 15.2 Å². The summed E-state index contributed by atoms with van der Waals surface area (Å²) < 4.78 is 26.5. The van der Waals surface area contributed by atoms with E-state index in [0.717, 1.165) is 17.3 Å². The molecule has 3 rings (SSSR count). The van der Waals surface area contributed by atoms with Gasteiger partial charge in [-0.15, -0.1) is 0 Å². The van der Waals surface area contributed by atoms with Crippen molar-refractivity contribution in [3.05, 3.63) is 65.0 Å². The van der Waals surface area contributed by atoms with Crippen molar-refractivity contribution in [1.29, 1.82) is 0 Å². The largest absolute Gasteiger partial charge is 0.339 e. The van der Waals surface area contributed by atoms with E-state index in [9.17, 15) is 18.4 Å². The first kappa shape index (κ1) is 17.0. The van der Waals surface area contributed by atoms with Gasteiger partial charge in [0.1, 0.15) is 11.9 Å². The third kappa shape index (κ3) is 3.81. The van der Waals surface area contributed by atoms with Gasteiger partial charge in [0.05, 0.1) is 6.20 Å². The van der Waals surface area contributed by atoms with Crippen LogP contribution in [-0.2, 0) is 11.3 Å². The van der Waals surface area contributed by atoms with Crippen molar-refractivity contribution in [2.75, 3.05) is 6.54 Å². The first-order valence-corrected chi connectivity index (χ1v) is 7.90. The van der Waals surface area contributed by atoms with Gasteiger partial charge in [0.25, 0.3) is 5.91 Å². The Kier molecular flexibility index (Phi) is 4.74.